The second-order valence-electron chi connectivity index (χ2n) is 4.42. The molecule has 0 aliphatic rings. The summed E-state index contributed by atoms with van der Waals surface area (Å²) in [5, 5.41) is 2.77. The highest BCUT2D eigenvalue weighted by Crippen LogP contribution is 2.25. The van der Waals surface area contributed by atoms with Gasteiger partial charge >= 0.3 is 0 Å². The molecular weight excluding hydrogens is 330 g/mol. The van der Waals surface area contributed by atoms with Crippen molar-refractivity contribution in [3.63, 3.8) is 0 Å². The van der Waals surface area contributed by atoms with Gasteiger partial charge in [0.05, 0.1) is 6.10 Å². The summed E-state index contributed by atoms with van der Waals surface area (Å²) in [6.45, 7) is 3.88. The Labute approximate surface area is 124 Å². The van der Waals surface area contributed by atoms with E-state index in [9.17, 15) is 9.00 Å². The van der Waals surface area contributed by atoms with Crippen molar-refractivity contribution in [3.05, 3.63) is 22.7 Å². The zero-order valence-corrected chi connectivity index (χ0v) is 13.6. The number of benzene rings is 1. The maximum atomic E-state index is 11.7. The first-order valence-corrected chi connectivity index (χ1v) is 8.46. The Morgan fingerprint density at radius 2 is 2.11 bits per heavy atom. The highest BCUT2D eigenvalue weighted by atomic mass is 79.9. The van der Waals surface area contributed by atoms with Gasteiger partial charge in [-0.05, 0) is 26.0 Å². The third kappa shape index (κ3) is 6.73. The van der Waals surface area contributed by atoms with Gasteiger partial charge in [-0.2, -0.15) is 0 Å². The van der Waals surface area contributed by atoms with Crippen LogP contribution in [0.5, 0.6) is 5.75 Å². The summed E-state index contributed by atoms with van der Waals surface area (Å²) < 4.78 is 17.4. The molecule has 4 nitrogen and oxygen atoms in total. The van der Waals surface area contributed by atoms with E-state index in [1.54, 1.807) is 18.4 Å². The van der Waals surface area contributed by atoms with Gasteiger partial charge in [-0.1, -0.05) is 15.9 Å². The van der Waals surface area contributed by atoms with Crippen molar-refractivity contribution in [2.75, 3.05) is 17.3 Å². The van der Waals surface area contributed by atoms with E-state index in [0.29, 0.717) is 17.2 Å². The van der Waals surface area contributed by atoms with Crippen LogP contribution >= 0.6 is 15.9 Å². The summed E-state index contributed by atoms with van der Waals surface area (Å²) in [5.41, 5.74) is 0.664. The molecule has 0 saturated heterocycles. The largest absolute Gasteiger partial charge is 0.491 e. The lowest BCUT2D eigenvalue weighted by atomic mass is 10.3. The van der Waals surface area contributed by atoms with E-state index in [2.05, 4.69) is 21.2 Å². The molecule has 1 unspecified atom stereocenters. The number of hydrogen-bond donors (Lipinski definition) is 1. The lowest BCUT2D eigenvalue weighted by Gasteiger charge is -2.12. The minimum Gasteiger partial charge on any atom is -0.491 e. The van der Waals surface area contributed by atoms with Gasteiger partial charge in [0.25, 0.3) is 0 Å². The average Bonchev–Trinajstić information content (AvgIpc) is 2.24. The fourth-order valence-corrected chi connectivity index (χ4v) is 2.38. The maximum absolute atomic E-state index is 11.7. The van der Waals surface area contributed by atoms with Crippen LogP contribution in [0.1, 0.15) is 20.3 Å². The van der Waals surface area contributed by atoms with Gasteiger partial charge in [-0.3, -0.25) is 9.00 Å². The normalized spacial score (nSPS) is 12.3. The van der Waals surface area contributed by atoms with Crippen LogP contribution in [0, 0.1) is 0 Å². The lowest BCUT2D eigenvalue weighted by molar-refractivity contribution is -0.115. The van der Waals surface area contributed by atoms with Crippen LogP contribution in [0.4, 0.5) is 5.69 Å². The number of carbonyl (C=O) groups excluding carboxylic acids is 1. The van der Waals surface area contributed by atoms with Gasteiger partial charge in [0.15, 0.2) is 0 Å². The van der Waals surface area contributed by atoms with Crippen LogP contribution in [0.25, 0.3) is 0 Å². The SMILES string of the molecule is CC(C)Oc1cc(Br)cc(NC(=O)CCS(C)=O)c1. The topological polar surface area (TPSA) is 55.4 Å². The van der Waals surface area contributed by atoms with Crippen molar-refractivity contribution < 1.29 is 13.7 Å². The molecule has 1 atom stereocenters. The van der Waals surface area contributed by atoms with Gasteiger partial charge in [0.2, 0.25) is 5.91 Å². The molecule has 0 fully saturated rings. The number of hydrogen-bond acceptors (Lipinski definition) is 3. The van der Waals surface area contributed by atoms with E-state index in [4.69, 9.17) is 4.74 Å². The smallest absolute Gasteiger partial charge is 0.225 e. The van der Waals surface area contributed by atoms with E-state index < -0.39 is 10.8 Å². The second kappa shape index (κ2) is 7.65. The zero-order chi connectivity index (χ0) is 14.4. The minimum atomic E-state index is -0.956. The molecule has 106 valence electrons. The van der Waals surface area contributed by atoms with Crippen molar-refractivity contribution in [2.24, 2.45) is 0 Å². The number of amides is 1. The summed E-state index contributed by atoms with van der Waals surface area (Å²) in [6, 6.07) is 5.41. The maximum Gasteiger partial charge on any atom is 0.225 e. The van der Waals surface area contributed by atoms with Crippen molar-refractivity contribution >= 4 is 38.3 Å². The number of ether oxygens (including phenoxy) is 1. The number of rotatable bonds is 6. The summed E-state index contributed by atoms with van der Waals surface area (Å²) in [7, 11) is -0.956. The summed E-state index contributed by atoms with van der Waals surface area (Å²) >= 11 is 3.38. The van der Waals surface area contributed by atoms with Crippen LogP contribution in [0.2, 0.25) is 0 Å². The van der Waals surface area contributed by atoms with Crippen LogP contribution in [0.15, 0.2) is 22.7 Å². The van der Waals surface area contributed by atoms with Crippen LogP contribution < -0.4 is 10.1 Å². The minimum absolute atomic E-state index is 0.0698. The van der Waals surface area contributed by atoms with E-state index in [0.717, 1.165) is 4.47 Å². The van der Waals surface area contributed by atoms with Crippen molar-refractivity contribution in [1.29, 1.82) is 0 Å². The fraction of sp³-hybridized carbons (Fsp3) is 0.462. The molecule has 6 heteroatoms. The Bertz CT molecular complexity index is 477. The molecule has 1 amide bonds. The molecule has 0 bridgehead atoms. The molecule has 1 N–H and O–H groups in total. The molecule has 1 aromatic rings. The van der Waals surface area contributed by atoms with Gasteiger partial charge in [-0.15, -0.1) is 0 Å². The first-order valence-electron chi connectivity index (χ1n) is 5.94. The molecule has 1 aromatic carbocycles. The van der Waals surface area contributed by atoms with Gasteiger partial charge < -0.3 is 10.1 Å². The Kier molecular flexibility index (Phi) is 6.51. The molecule has 0 spiro atoms. The predicted octanol–water partition coefficient (Wildman–Crippen LogP) is 2.94. The zero-order valence-electron chi connectivity index (χ0n) is 11.2. The van der Waals surface area contributed by atoms with E-state index in [-0.39, 0.29) is 18.4 Å². The quantitative estimate of drug-likeness (QED) is 0.860. The molecule has 1 rings (SSSR count). The fourth-order valence-electron chi connectivity index (χ4n) is 1.44. The molecule has 0 heterocycles. The molecule has 0 saturated carbocycles. The number of anilines is 1. The molecule has 0 aliphatic heterocycles. The third-order valence-electron chi connectivity index (χ3n) is 2.14. The van der Waals surface area contributed by atoms with E-state index in [1.165, 1.54) is 0 Å². The Hall–Kier alpha value is -0.880. The second-order valence-corrected chi connectivity index (χ2v) is 6.89. The molecule has 0 aliphatic carbocycles. The molecule has 0 radical (unpaired) electrons. The lowest BCUT2D eigenvalue weighted by Crippen LogP contribution is -2.14. The Morgan fingerprint density at radius 1 is 1.42 bits per heavy atom. The number of halogens is 1. The number of nitrogens with one attached hydrogen (secondary N) is 1. The molecular formula is C13H18BrNO3S. The summed E-state index contributed by atoms with van der Waals surface area (Å²) in [5.74, 6) is 0.914. The summed E-state index contributed by atoms with van der Waals surface area (Å²) in [6.07, 6.45) is 1.90. The number of carbonyl (C=O) groups is 1. The molecule has 19 heavy (non-hydrogen) atoms. The van der Waals surface area contributed by atoms with Gasteiger partial charge in [0.1, 0.15) is 5.75 Å². The first kappa shape index (κ1) is 16.2. The van der Waals surface area contributed by atoms with Gasteiger partial charge in [0, 0.05) is 45.5 Å². The average molecular weight is 348 g/mol. The van der Waals surface area contributed by atoms with E-state index in [1.807, 2.05) is 19.9 Å². The standard InChI is InChI=1S/C13H18BrNO3S/c1-9(2)18-12-7-10(14)6-11(8-12)15-13(16)4-5-19(3)17/h6-9H,4-5H2,1-3H3,(H,15,16). The summed E-state index contributed by atoms with van der Waals surface area (Å²) in [4.78, 5) is 11.7. The van der Waals surface area contributed by atoms with E-state index >= 15 is 0 Å². The highest BCUT2D eigenvalue weighted by molar-refractivity contribution is 9.10. The van der Waals surface area contributed by atoms with Crippen molar-refractivity contribution in [3.8, 4) is 5.75 Å². The van der Waals surface area contributed by atoms with Crippen molar-refractivity contribution in [1.82, 2.24) is 0 Å². The van der Waals surface area contributed by atoms with Crippen LogP contribution in [0.3, 0.4) is 0 Å². The molecule has 0 aromatic heterocycles. The third-order valence-corrected chi connectivity index (χ3v) is 3.38. The monoisotopic (exact) mass is 347 g/mol. The predicted molar refractivity (Wildman–Crippen MR) is 82.1 cm³/mol. The van der Waals surface area contributed by atoms with Crippen LogP contribution in [-0.4, -0.2) is 28.2 Å². The van der Waals surface area contributed by atoms with Crippen molar-refractivity contribution in [2.45, 2.75) is 26.4 Å². The van der Waals surface area contributed by atoms with Gasteiger partial charge in [-0.25, -0.2) is 0 Å². The van der Waals surface area contributed by atoms with Crippen LogP contribution in [-0.2, 0) is 15.6 Å². The Balaban J connectivity index is 2.69. The first-order chi connectivity index (χ1) is 8.86. The Morgan fingerprint density at radius 3 is 2.68 bits per heavy atom. The highest BCUT2D eigenvalue weighted by Gasteiger charge is 2.07.